The average Bonchev–Trinajstić information content (AvgIpc) is 2.85. The second kappa shape index (κ2) is 6.17. The van der Waals surface area contributed by atoms with Gasteiger partial charge >= 0.3 is 0 Å². The third-order valence-electron chi connectivity index (χ3n) is 4.68. The van der Waals surface area contributed by atoms with Gasteiger partial charge in [0.2, 0.25) is 0 Å². The van der Waals surface area contributed by atoms with Crippen molar-refractivity contribution in [3.8, 4) is 0 Å². The molecule has 0 amide bonds. The number of halogens is 1. The van der Waals surface area contributed by atoms with Crippen molar-refractivity contribution in [2.45, 2.75) is 51.5 Å². The van der Waals surface area contributed by atoms with Crippen LogP contribution in [-0.2, 0) is 6.42 Å². The van der Waals surface area contributed by atoms with Crippen LogP contribution in [0.3, 0.4) is 0 Å². The highest BCUT2D eigenvalue weighted by Gasteiger charge is 2.25. The molecular weight excluding hydrogens is 268 g/mol. The molecule has 3 heteroatoms. The average molecular weight is 291 g/mol. The molecule has 1 saturated carbocycles. The van der Waals surface area contributed by atoms with E-state index in [0.717, 1.165) is 17.9 Å². The number of benzene rings is 1. The third kappa shape index (κ3) is 2.58. The molecule has 2 nitrogen and oxygen atoms in total. The van der Waals surface area contributed by atoms with E-state index in [4.69, 9.17) is 16.6 Å². The van der Waals surface area contributed by atoms with Gasteiger partial charge in [0.15, 0.2) is 0 Å². The summed E-state index contributed by atoms with van der Waals surface area (Å²) in [6.07, 6.45) is 7.48. The Labute approximate surface area is 126 Å². The molecule has 1 aromatic heterocycles. The quantitative estimate of drug-likeness (QED) is 0.728. The fourth-order valence-corrected chi connectivity index (χ4v) is 3.80. The van der Waals surface area contributed by atoms with E-state index in [2.05, 4.69) is 35.8 Å². The molecule has 3 rings (SSSR count). The lowest BCUT2D eigenvalue weighted by Crippen LogP contribution is -2.20. The van der Waals surface area contributed by atoms with Gasteiger partial charge in [-0.15, -0.1) is 11.6 Å². The van der Waals surface area contributed by atoms with Crippen LogP contribution in [0.15, 0.2) is 24.3 Å². The minimum Gasteiger partial charge on any atom is -0.325 e. The molecule has 2 atom stereocenters. The van der Waals surface area contributed by atoms with Crippen molar-refractivity contribution in [1.82, 2.24) is 9.55 Å². The summed E-state index contributed by atoms with van der Waals surface area (Å²) in [5.74, 6) is 2.69. The molecule has 0 radical (unpaired) electrons. The summed E-state index contributed by atoms with van der Waals surface area (Å²) in [7, 11) is 0. The van der Waals surface area contributed by atoms with Crippen LogP contribution in [0.1, 0.15) is 50.9 Å². The number of para-hydroxylation sites is 2. The largest absolute Gasteiger partial charge is 0.325 e. The molecule has 0 spiro atoms. The Morgan fingerprint density at radius 1 is 1.30 bits per heavy atom. The fourth-order valence-electron chi connectivity index (χ4n) is 3.63. The van der Waals surface area contributed by atoms with Crippen molar-refractivity contribution < 1.29 is 0 Å². The number of fused-ring (bicyclic) bond motifs is 1. The SMILES string of the molecule is CCC1CCCC(n2c(CCCl)nc3ccccc32)C1. The molecule has 1 aromatic carbocycles. The van der Waals surface area contributed by atoms with E-state index in [-0.39, 0.29) is 0 Å². The summed E-state index contributed by atoms with van der Waals surface area (Å²) < 4.78 is 2.49. The van der Waals surface area contributed by atoms with E-state index in [1.54, 1.807) is 0 Å². The minimum absolute atomic E-state index is 0.610. The maximum Gasteiger partial charge on any atom is 0.111 e. The lowest BCUT2D eigenvalue weighted by Gasteiger charge is -2.31. The predicted molar refractivity (Wildman–Crippen MR) is 85.4 cm³/mol. The first kappa shape index (κ1) is 13.9. The molecule has 0 N–H and O–H groups in total. The van der Waals surface area contributed by atoms with E-state index >= 15 is 0 Å². The van der Waals surface area contributed by atoms with E-state index in [1.165, 1.54) is 43.4 Å². The summed E-state index contributed by atoms with van der Waals surface area (Å²) in [4.78, 5) is 4.81. The number of alkyl halides is 1. The molecule has 0 aliphatic heterocycles. The van der Waals surface area contributed by atoms with Gasteiger partial charge in [-0.3, -0.25) is 0 Å². The molecule has 1 aliphatic carbocycles. The van der Waals surface area contributed by atoms with Crippen LogP contribution in [0.4, 0.5) is 0 Å². The van der Waals surface area contributed by atoms with E-state index in [0.29, 0.717) is 11.9 Å². The Kier molecular flexibility index (Phi) is 4.30. The van der Waals surface area contributed by atoms with Crippen LogP contribution in [-0.4, -0.2) is 15.4 Å². The molecular formula is C17H23ClN2. The van der Waals surface area contributed by atoms with E-state index < -0.39 is 0 Å². The van der Waals surface area contributed by atoms with Crippen LogP contribution < -0.4 is 0 Å². The standard InChI is InChI=1S/C17H23ClN2/c1-2-13-6-5-7-14(12-13)20-16-9-4-3-8-15(16)19-17(20)10-11-18/h3-4,8-9,13-14H,2,5-7,10-12H2,1H3. The number of aryl methyl sites for hydroxylation is 1. The first-order valence-corrected chi connectivity index (χ1v) is 8.38. The highest BCUT2D eigenvalue weighted by molar-refractivity contribution is 6.17. The fraction of sp³-hybridized carbons (Fsp3) is 0.588. The lowest BCUT2D eigenvalue weighted by atomic mass is 9.84. The maximum absolute atomic E-state index is 5.98. The van der Waals surface area contributed by atoms with Crippen LogP contribution in [0.25, 0.3) is 11.0 Å². The second-order valence-electron chi connectivity index (χ2n) is 5.92. The van der Waals surface area contributed by atoms with Crippen molar-refractivity contribution in [3.63, 3.8) is 0 Å². The molecule has 2 aromatic rings. The van der Waals surface area contributed by atoms with Crippen LogP contribution >= 0.6 is 11.6 Å². The van der Waals surface area contributed by atoms with Crippen LogP contribution in [0, 0.1) is 5.92 Å². The number of imidazole rings is 1. The first-order valence-electron chi connectivity index (χ1n) is 7.85. The van der Waals surface area contributed by atoms with Gasteiger partial charge in [0.25, 0.3) is 0 Å². The predicted octanol–water partition coefficient (Wildman–Crippen LogP) is 4.96. The molecule has 0 saturated heterocycles. The normalized spacial score (nSPS) is 23.3. The molecule has 0 bridgehead atoms. The van der Waals surface area contributed by atoms with Crippen molar-refractivity contribution >= 4 is 22.6 Å². The molecule has 108 valence electrons. The minimum atomic E-state index is 0.610. The molecule has 1 aliphatic rings. The highest BCUT2D eigenvalue weighted by Crippen LogP contribution is 2.36. The smallest absolute Gasteiger partial charge is 0.111 e. The maximum atomic E-state index is 5.98. The van der Waals surface area contributed by atoms with Crippen LogP contribution in [0.5, 0.6) is 0 Å². The Hall–Kier alpha value is -1.02. The molecule has 2 unspecified atom stereocenters. The van der Waals surface area contributed by atoms with Gasteiger partial charge in [0, 0.05) is 18.3 Å². The first-order chi connectivity index (χ1) is 9.83. The van der Waals surface area contributed by atoms with E-state index in [9.17, 15) is 0 Å². The molecule has 1 heterocycles. The van der Waals surface area contributed by atoms with Gasteiger partial charge in [-0.05, 0) is 30.9 Å². The lowest BCUT2D eigenvalue weighted by molar-refractivity contribution is 0.262. The molecule has 1 fully saturated rings. The Balaban J connectivity index is 2.01. The van der Waals surface area contributed by atoms with Crippen molar-refractivity contribution in [2.75, 3.05) is 5.88 Å². The number of aromatic nitrogens is 2. The monoisotopic (exact) mass is 290 g/mol. The zero-order valence-electron chi connectivity index (χ0n) is 12.2. The Morgan fingerprint density at radius 3 is 2.95 bits per heavy atom. The highest BCUT2D eigenvalue weighted by atomic mass is 35.5. The molecule has 20 heavy (non-hydrogen) atoms. The summed E-state index contributed by atoms with van der Waals surface area (Å²) in [5.41, 5.74) is 2.40. The zero-order chi connectivity index (χ0) is 13.9. The van der Waals surface area contributed by atoms with E-state index in [1.807, 2.05) is 0 Å². The van der Waals surface area contributed by atoms with Crippen molar-refractivity contribution in [2.24, 2.45) is 5.92 Å². The second-order valence-corrected chi connectivity index (χ2v) is 6.30. The number of hydrogen-bond donors (Lipinski definition) is 0. The van der Waals surface area contributed by atoms with Gasteiger partial charge in [0.05, 0.1) is 11.0 Å². The van der Waals surface area contributed by atoms with Gasteiger partial charge < -0.3 is 4.57 Å². The Morgan fingerprint density at radius 2 is 2.15 bits per heavy atom. The Bertz CT molecular complexity index is 575. The van der Waals surface area contributed by atoms with Gasteiger partial charge in [-0.2, -0.15) is 0 Å². The summed E-state index contributed by atoms with van der Waals surface area (Å²) in [5, 5.41) is 0. The van der Waals surface area contributed by atoms with Gasteiger partial charge in [-0.1, -0.05) is 38.3 Å². The third-order valence-corrected chi connectivity index (χ3v) is 4.87. The van der Waals surface area contributed by atoms with Gasteiger partial charge in [0.1, 0.15) is 5.82 Å². The number of nitrogens with zero attached hydrogens (tertiary/aromatic N) is 2. The van der Waals surface area contributed by atoms with Gasteiger partial charge in [-0.25, -0.2) is 4.98 Å². The summed E-state index contributed by atoms with van der Waals surface area (Å²) in [6.45, 7) is 2.32. The summed E-state index contributed by atoms with van der Waals surface area (Å²) >= 11 is 5.98. The topological polar surface area (TPSA) is 17.8 Å². The summed E-state index contributed by atoms with van der Waals surface area (Å²) in [6, 6.07) is 9.11. The number of hydrogen-bond acceptors (Lipinski definition) is 1. The van der Waals surface area contributed by atoms with Crippen molar-refractivity contribution in [3.05, 3.63) is 30.1 Å². The van der Waals surface area contributed by atoms with Crippen LogP contribution in [0.2, 0.25) is 0 Å². The number of rotatable bonds is 4. The zero-order valence-corrected chi connectivity index (χ0v) is 12.9. The van der Waals surface area contributed by atoms with Crippen molar-refractivity contribution in [1.29, 1.82) is 0 Å².